The number of likely N-dealkylation sites (tertiary alicyclic amines) is 1. The molecule has 33 heavy (non-hydrogen) atoms. The molecule has 2 fully saturated rings. The molecule has 2 N–H and O–H groups in total. The van der Waals surface area contributed by atoms with Crippen LogP contribution in [-0.4, -0.2) is 44.3 Å². The van der Waals surface area contributed by atoms with Crippen molar-refractivity contribution < 1.29 is 9.59 Å². The SMILES string of the molecule is C[C@]12C[C@@H](Cc3ccccc3)N(C(=O)CCc3nc4ccc(Cl)cc4[nH]3)[C@H]1CCCC(=O)N2. The molecule has 3 atom stereocenters. The number of aryl methyl sites for hydroxylation is 1. The number of carbonyl (C=O) groups is 2. The molecule has 0 unspecified atom stereocenters. The second kappa shape index (κ2) is 8.82. The van der Waals surface area contributed by atoms with E-state index in [1.54, 1.807) is 0 Å². The Morgan fingerprint density at radius 3 is 2.88 bits per heavy atom. The summed E-state index contributed by atoms with van der Waals surface area (Å²) in [6, 6.07) is 15.9. The topological polar surface area (TPSA) is 78.1 Å². The number of nitrogens with zero attached hydrogens (tertiary/aromatic N) is 2. The minimum Gasteiger partial charge on any atom is -0.349 e. The monoisotopic (exact) mass is 464 g/mol. The summed E-state index contributed by atoms with van der Waals surface area (Å²) in [4.78, 5) is 36.0. The highest BCUT2D eigenvalue weighted by Gasteiger charge is 2.52. The lowest BCUT2D eigenvalue weighted by atomic mass is 9.88. The molecule has 2 saturated heterocycles. The molecule has 3 aromatic rings. The Morgan fingerprint density at radius 2 is 2.06 bits per heavy atom. The molecular weight excluding hydrogens is 436 g/mol. The van der Waals surface area contributed by atoms with Crippen molar-refractivity contribution >= 4 is 34.4 Å². The Labute approximate surface area is 198 Å². The molecule has 0 spiro atoms. The first-order valence-corrected chi connectivity index (χ1v) is 12.1. The molecule has 6 nitrogen and oxygen atoms in total. The molecule has 5 rings (SSSR count). The van der Waals surface area contributed by atoms with E-state index in [1.807, 2.05) is 36.4 Å². The van der Waals surface area contributed by atoms with E-state index in [4.69, 9.17) is 11.6 Å². The van der Waals surface area contributed by atoms with Gasteiger partial charge in [0.1, 0.15) is 5.82 Å². The van der Waals surface area contributed by atoms with E-state index >= 15 is 0 Å². The summed E-state index contributed by atoms with van der Waals surface area (Å²) < 4.78 is 0. The maximum Gasteiger partial charge on any atom is 0.223 e. The molecule has 7 heteroatoms. The van der Waals surface area contributed by atoms with Crippen LogP contribution >= 0.6 is 11.6 Å². The number of benzene rings is 2. The minimum atomic E-state index is -0.390. The Morgan fingerprint density at radius 1 is 1.24 bits per heavy atom. The Bertz CT molecular complexity index is 1180. The van der Waals surface area contributed by atoms with Gasteiger partial charge in [-0.3, -0.25) is 9.59 Å². The van der Waals surface area contributed by atoms with Gasteiger partial charge in [0.25, 0.3) is 0 Å². The van der Waals surface area contributed by atoms with E-state index < -0.39 is 5.54 Å². The predicted molar refractivity (Wildman–Crippen MR) is 129 cm³/mol. The zero-order chi connectivity index (χ0) is 23.0. The van der Waals surface area contributed by atoms with Crippen molar-refractivity contribution in [2.75, 3.05) is 0 Å². The van der Waals surface area contributed by atoms with Crippen molar-refractivity contribution in [3.8, 4) is 0 Å². The van der Waals surface area contributed by atoms with Gasteiger partial charge in [-0.1, -0.05) is 41.9 Å². The number of H-pyrrole nitrogens is 1. The average Bonchev–Trinajstić information content (AvgIpc) is 3.25. The van der Waals surface area contributed by atoms with Crippen LogP contribution in [0, 0.1) is 0 Å². The predicted octanol–water partition coefficient (Wildman–Crippen LogP) is 4.42. The quantitative estimate of drug-likeness (QED) is 0.586. The number of hydrogen-bond donors (Lipinski definition) is 2. The number of carbonyl (C=O) groups excluding carboxylic acids is 2. The van der Waals surface area contributed by atoms with E-state index in [0.29, 0.717) is 24.3 Å². The normalized spacial score (nSPS) is 25.0. The van der Waals surface area contributed by atoms with Gasteiger partial charge in [-0.05, 0) is 56.4 Å². The van der Waals surface area contributed by atoms with Crippen LogP contribution in [0.4, 0.5) is 0 Å². The molecule has 2 aromatic carbocycles. The fourth-order valence-corrected chi connectivity index (χ4v) is 5.83. The highest BCUT2D eigenvalue weighted by Crippen LogP contribution is 2.39. The maximum atomic E-state index is 13.6. The van der Waals surface area contributed by atoms with E-state index in [-0.39, 0.29) is 23.9 Å². The van der Waals surface area contributed by atoms with Crippen LogP contribution in [-0.2, 0) is 22.4 Å². The van der Waals surface area contributed by atoms with Gasteiger partial charge in [-0.25, -0.2) is 4.98 Å². The van der Waals surface area contributed by atoms with Crippen LogP contribution in [0.5, 0.6) is 0 Å². The molecule has 3 heterocycles. The molecule has 1 aromatic heterocycles. The number of fused-ring (bicyclic) bond motifs is 2. The van der Waals surface area contributed by atoms with Crippen LogP contribution in [0.15, 0.2) is 48.5 Å². The molecule has 0 bridgehead atoms. The fraction of sp³-hybridized carbons (Fsp3) is 0.423. The van der Waals surface area contributed by atoms with Gasteiger partial charge in [0, 0.05) is 30.3 Å². The second-order valence-corrected chi connectivity index (χ2v) is 10.0. The van der Waals surface area contributed by atoms with E-state index in [9.17, 15) is 9.59 Å². The minimum absolute atomic E-state index is 0.0136. The van der Waals surface area contributed by atoms with Gasteiger partial charge in [0.2, 0.25) is 11.8 Å². The van der Waals surface area contributed by atoms with Crippen molar-refractivity contribution in [1.29, 1.82) is 0 Å². The van der Waals surface area contributed by atoms with Crippen LogP contribution in [0.2, 0.25) is 5.02 Å². The van der Waals surface area contributed by atoms with E-state index in [2.05, 4.69) is 39.2 Å². The molecule has 0 aliphatic carbocycles. The fourth-order valence-electron chi connectivity index (χ4n) is 5.66. The third-order valence-corrected chi connectivity index (χ3v) is 7.34. The van der Waals surface area contributed by atoms with Crippen molar-refractivity contribution in [3.63, 3.8) is 0 Å². The summed E-state index contributed by atoms with van der Waals surface area (Å²) in [6.45, 7) is 2.11. The number of imidazole rings is 1. The number of halogens is 1. The number of nitrogens with one attached hydrogen (secondary N) is 2. The smallest absolute Gasteiger partial charge is 0.223 e. The molecule has 2 aliphatic rings. The standard InChI is InChI=1S/C26H29ClN4O2/c1-26-16-19(14-17-6-3-2-4-7-17)31(22(26)8-5-9-24(32)30-26)25(33)13-12-23-28-20-11-10-18(27)15-21(20)29-23/h2-4,6-7,10-11,15,19,22H,5,8-9,12-14,16H2,1H3,(H,28,29)(H,30,32)/t19-,22+,26+/m1/s1. The summed E-state index contributed by atoms with van der Waals surface area (Å²) in [5.41, 5.74) is 2.55. The number of aromatic nitrogens is 2. The zero-order valence-corrected chi connectivity index (χ0v) is 19.6. The van der Waals surface area contributed by atoms with Gasteiger partial charge >= 0.3 is 0 Å². The van der Waals surface area contributed by atoms with Crippen molar-refractivity contribution in [2.45, 2.75) is 69.5 Å². The van der Waals surface area contributed by atoms with Gasteiger partial charge in [0.15, 0.2) is 0 Å². The first-order valence-electron chi connectivity index (χ1n) is 11.7. The van der Waals surface area contributed by atoms with E-state index in [0.717, 1.165) is 42.5 Å². The summed E-state index contributed by atoms with van der Waals surface area (Å²) in [7, 11) is 0. The lowest BCUT2D eigenvalue weighted by Gasteiger charge is -2.35. The number of aromatic amines is 1. The summed E-state index contributed by atoms with van der Waals surface area (Å²) in [5.74, 6) is 1.00. The summed E-state index contributed by atoms with van der Waals surface area (Å²) >= 11 is 6.09. The average molecular weight is 465 g/mol. The van der Waals surface area contributed by atoms with Gasteiger partial charge in [-0.2, -0.15) is 0 Å². The molecule has 2 amide bonds. The van der Waals surface area contributed by atoms with Crippen LogP contribution in [0.1, 0.15) is 50.4 Å². The summed E-state index contributed by atoms with van der Waals surface area (Å²) in [5, 5.41) is 3.91. The van der Waals surface area contributed by atoms with Crippen LogP contribution in [0.25, 0.3) is 11.0 Å². The Hall–Kier alpha value is -2.86. The van der Waals surface area contributed by atoms with Gasteiger partial charge < -0.3 is 15.2 Å². The Kier molecular flexibility index (Phi) is 5.87. The first kappa shape index (κ1) is 22.0. The number of hydrogen-bond acceptors (Lipinski definition) is 3. The van der Waals surface area contributed by atoms with Gasteiger partial charge in [0.05, 0.1) is 22.6 Å². The number of amides is 2. The largest absolute Gasteiger partial charge is 0.349 e. The van der Waals surface area contributed by atoms with Gasteiger partial charge in [-0.15, -0.1) is 0 Å². The van der Waals surface area contributed by atoms with Crippen LogP contribution in [0.3, 0.4) is 0 Å². The second-order valence-electron chi connectivity index (χ2n) is 9.57. The van der Waals surface area contributed by atoms with Crippen molar-refractivity contribution in [1.82, 2.24) is 20.2 Å². The third-order valence-electron chi connectivity index (χ3n) is 7.10. The molecule has 172 valence electrons. The van der Waals surface area contributed by atoms with Crippen molar-refractivity contribution in [3.05, 3.63) is 64.9 Å². The zero-order valence-electron chi connectivity index (χ0n) is 18.8. The van der Waals surface area contributed by atoms with Crippen LogP contribution < -0.4 is 5.32 Å². The highest BCUT2D eigenvalue weighted by molar-refractivity contribution is 6.31. The maximum absolute atomic E-state index is 13.6. The first-order chi connectivity index (χ1) is 15.9. The Balaban J connectivity index is 1.37. The molecular formula is C26H29ClN4O2. The third kappa shape index (κ3) is 4.49. The lowest BCUT2D eigenvalue weighted by Crippen LogP contribution is -2.54. The summed E-state index contributed by atoms with van der Waals surface area (Å²) in [6.07, 6.45) is 4.65. The highest BCUT2D eigenvalue weighted by atomic mass is 35.5. The number of rotatable bonds is 5. The van der Waals surface area contributed by atoms with E-state index in [1.165, 1.54) is 5.56 Å². The lowest BCUT2D eigenvalue weighted by molar-refractivity contribution is -0.135. The molecule has 0 saturated carbocycles. The molecule has 0 radical (unpaired) electrons. The van der Waals surface area contributed by atoms with Crippen molar-refractivity contribution in [2.24, 2.45) is 0 Å². The molecule has 2 aliphatic heterocycles.